The lowest BCUT2D eigenvalue weighted by atomic mass is 10.1. The second kappa shape index (κ2) is 7.15. The Morgan fingerprint density at radius 1 is 1.39 bits per heavy atom. The number of carbonyl (C=O) groups is 1. The van der Waals surface area contributed by atoms with Crippen molar-refractivity contribution >= 4 is 39.9 Å². The Morgan fingerprint density at radius 3 is 3.00 bits per heavy atom. The standard InChI is InChI=1S/C17H18ClN3OS/c1-2-10-21-11-12(13-4-3-8-19-16(13)21)7-9-20-17(22)14-5-6-15(18)23-14/h3-6,8,11H,2,7,9-10H2,1H3,(H,20,22). The smallest absolute Gasteiger partial charge is 0.261 e. The molecule has 0 spiro atoms. The van der Waals surface area contributed by atoms with Crippen LogP contribution < -0.4 is 5.32 Å². The van der Waals surface area contributed by atoms with Crippen LogP contribution in [-0.4, -0.2) is 22.0 Å². The Morgan fingerprint density at radius 2 is 2.26 bits per heavy atom. The molecule has 23 heavy (non-hydrogen) atoms. The van der Waals surface area contributed by atoms with Crippen molar-refractivity contribution in [3.63, 3.8) is 0 Å². The molecular weight excluding hydrogens is 330 g/mol. The largest absolute Gasteiger partial charge is 0.351 e. The highest BCUT2D eigenvalue weighted by Crippen LogP contribution is 2.22. The molecular formula is C17H18ClN3OS. The van der Waals surface area contributed by atoms with Gasteiger partial charge >= 0.3 is 0 Å². The van der Waals surface area contributed by atoms with Crippen LogP contribution in [0.2, 0.25) is 4.34 Å². The number of halogens is 1. The summed E-state index contributed by atoms with van der Waals surface area (Å²) in [4.78, 5) is 17.2. The van der Waals surface area contributed by atoms with Crippen LogP contribution in [-0.2, 0) is 13.0 Å². The van der Waals surface area contributed by atoms with E-state index in [1.54, 1.807) is 12.1 Å². The van der Waals surface area contributed by atoms with Gasteiger partial charge in [-0.15, -0.1) is 11.3 Å². The molecule has 3 rings (SSSR count). The van der Waals surface area contributed by atoms with E-state index in [0.717, 1.165) is 30.4 Å². The summed E-state index contributed by atoms with van der Waals surface area (Å²) in [5.74, 6) is -0.0719. The second-order valence-electron chi connectivity index (χ2n) is 5.33. The third kappa shape index (κ3) is 3.57. The molecule has 4 nitrogen and oxygen atoms in total. The van der Waals surface area contributed by atoms with Gasteiger partial charge in [0.05, 0.1) is 9.21 Å². The van der Waals surface area contributed by atoms with Crippen LogP contribution in [0.4, 0.5) is 0 Å². The summed E-state index contributed by atoms with van der Waals surface area (Å²) in [5, 5.41) is 4.11. The average Bonchev–Trinajstić information content (AvgIpc) is 3.13. The maximum Gasteiger partial charge on any atom is 0.261 e. The van der Waals surface area contributed by atoms with Crippen molar-refractivity contribution in [1.29, 1.82) is 0 Å². The fourth-order valence-electron chi connectivity index (χ4n) is 2.64. The van der Waals surface area contributed by atoms with Gasteiger partial charge in [-0.3, -0.25) is 4.79 Å². The van der Waals surface area contributed by atoms with Crippen LogP contribution in [0.5, 0.6) is 0 Å². The third-order valence-electron chi connectivity index (χ3n) is 3.66. The van der Waals surface area contributed by atoms with Crippen LogP contribution in [0, 0.1) is 0 Å². The van der Waals surface area contributed by atoms with E-state index in [1.165, 1.54) is 16.9 Å². The maximum absolute atomic E-state index is 12.0. The molecule has 1 N–H and O–H groups in total. The molecule has 0 fully saturated rings. The first-order valence-corrected chi connectivity index (χ1v) is 8.84. The van der Waals surface area contributed by atoms with Gasteiger partial charge in [0, 0.05) is 30.9 Å². The number of fused-ring (bicyclic) bond motifs is 1. The molecule has 0 atom stereocenters. The van der Waals surface area contributed by atoms with Crippen molar-refractivity contribution in [1.82, 2.24) is 14.9 Å². The van der Waals surface area contributed by atoms with Crippen molar-refractivity contribution in [2.24, 2.45) is 0 Å². The summed E-state index contributed by atoms with van der Waals surface area (Å²) in [7, 11) is 0. The summed E-state index contributed by atoms with van der Waals surface area (Å²) in [6.45, 7) is 3.70. The third-order valence-corrected chi connectivity index (χ3v) is 4.89. The first-order chi connectivity index (χ1) is 11.2. The fourth-order valence-corrected chi connectivity index (χ4v) is 3.60. The van der Waals surface area contributed by atoms with Crippen LogP contribution >= 0.6 is 22.9 Å². The van der Waals surface area contributed by atoms with Crippen molar-refractivity contribution in [2.75, 3.05) is 6.54 Å². The maximum atomic E-state index is 12.0. The molecule has 0 aliphatic rings. The zero-order chi connectivity index (χ0) is 16.2. The van der Waals surface area contributed by atoms with E-state index in [9.17, 15) is 4.79 Å². The van der Waals surface area contributed by atoms with Crippen molar-refractivity contribution < 1.29 is 4.79 Å². The van der Waals surface area contributed by atoms with E-state index in [2.05, 4.69) is 34.1 Å². The first-order valence-electron chi connectivity index (χ1n) is 7.65. The molecule has 3 heterocycles. The molecule has 0 aliphatic carbocycles. The Hall–Kier alpha value is -1.85. The number of rotatable bonds is 6. The van der Waals surface area contributed by atoms with Crippen molar-refractivity contribution in [3.8, 4) is 0 Å². The number of amides is 1. The van der Waals surface area contributed by atoms with E-state index >= 15 is 0 Å². The highest BCUT2D eigenvalue weighted by molar-refractivity contribution is 7.17. The van der Waals surface area contributed by atoms with Crippen molar-refractivity contribution in [2.45, 2.75) is 26.3 Å². The molecule has 0 unspecified atom stereocenters. The van der Waals surface area contributed by atoms with Gasteiger partial charge in [0.25, 0.3) is 5.91 Å². The predicted molar refractivity (Wildman–Crippen MR) is 95.4 cm³/mol. The Balaban J connectivity index is 1.68. The number of thiophene rings is 1. The number of aryl methyl sites for hydroxylation is 1. The van der Waals surface area contributed by atoms with Gasteiger partial charge < -0.3 is 9.88 Å². The topological polar surface area (TPSA) is 46.9 Å². The van der Waals surface area contributed by atoms with Gasteiger partial charge in [-0.1, -0.05) is 18.5 Å². The summed E-state index contributed by atoms with van der Waals surface area (Å²) < 4.78 is 2.81. The summed E-state index contributed by atoms with van der Waals surface area (Å²) in [5.41, 5.74) is 2.23. The zero-order valence-corrected chi connectivity index (χ0v) is 14.5. The second-order valence-corrected chi connectivity index (χ2v) is 7.05. The highest BCUT2D eigenvalue weighted by atomic mass is 35.5. The molecule has 1 amide bonds. The van der Waals surface area contributed by atoms with Crippen LogP contribution in [0.1, 0.15) is 28.6 Å². The Bertz CT molecular complexity index is 824. The van der Waals surface area contributed by atoms with Gasteiger partial charge in [-0.25, -0.2) is 4.98 Å². The first kappa shape index (κ1) is 16.0. The normalized spacial score (nSPS) is 11.0. The number of carbonyl (C=O) groups excluding carboxylic acids is 1. The lowest BCUT2D eigenvalue weighted by molar-refractivity contribution is 0.0958. The molecule has 3 aromatic heterocycles. The van der Waals surface area contributed by atoms with E-state index in [-0.39, 0.29) is 5.91 Å². The minimum Gasteiger partial charge on any atom is -0.351 e. The molecule has 0 radical (unpaired) electrons. The van der Waals surface area contributed by atoms with Crippen LogP contribution in [0.15, 0.2) is 36.7 Å². The van der Waals surface area contributed by atoms with E-state index < -0.39 is 0 Å². The van der Waals surface area contributed by atoms with Gasteiger partial charge in [0.1, 0.15) is 5.65 Å². The molecule has 6 heteroatoms. The summed E-state index contributed by atoms with van der Waals surface area (Å²) in [6.07, 6.45) is 5.81. The zero-order valence-electron chi connectivity index (χ0n) is 12.9. The number of nitrogens with one attached hydrogen (secondary N) is 1. The molecule has 0 saturated carbocycles. The van der Waals surface area contributed by atoms with Crippen LogP contribution in [0.3, 0.4) is 0 Å². The van der Waals surface area contributed by atoms with Crippen molar-refractivity contribution in [3.05, 3.63) is 51.4 Å². The van der Waals surface area contributed by atoms with Gasteiger partial charge in [-0.05, 0) is 42.7 Å². The Labute approximate surface area is 144 Å². The number of pyridine rings is 1. The van der Waals surface area contributed by atoms with Gasteiger partial charge in [0.2, 0.25) is 0 Å². The summed E-state index contributed by atoms with van der Waals surface area (Å²) in [6, 6.07) is 7.53. The lowest BCUT2D eigenvalue weighted by Gasteiger charge is -2.02. The SMILES string of the molecule is CCCn1cc(CCNC(=O)c2ccc(Cl)s2)c2cccnc21. The van der Waals surface area contributed by atoms with Crippen LogP contribution in [0.25, 0.3) is 11.0 Å². The lowest BCUT2D eigenvalue weighted by Crippen LogP contribution is -2.24. The Kier molecular flexibility index (Phi) is 4.98. The van der Waals surface area contributed by atoms with Gasteiger partial charge in [0.15, 0.2) is 0 Å². The molecule has 3 aromatic rings. The fraction of sp³-hybridized carbons (Fsp3) is 0.294. The molecule has 120 valence electrons. The number of nitrogens with zero attached hydrogens (tertiary/aromatic N) is 2. The minimum absolute atomic E-state index is 0.0719. The quantitative estimate of drug-likeness (QED) is 0.728. The molecule has 0 bridgehead atoms. The predicted octanol–water partition coefficient (Wildman–Crippen LogP) is 4.13. The highest BCUT2D eigenvalue weighted by Gasteiger charge is 2.11. The number of hydrogen-bond acceptors (Lipinski definition) is 3. The molecule has 0 aromatic carbocycles. The van der Waals surface area contributed by atoms with E-state index in [0.29, 0.717) is 15.8 Å². The molecule has 0 aliphatic heterocycles. The average molecular weight is 348 g/mol. The van der Waals surface area contributed by atoms with E-state index in [4.69, 9.17) is 11.6 Å². The minimum atomic E-state index is -0.0719. The van der Waals surface area contributed by atoms with Gasteiger partial charge in [-0.2, -0.15) is 0 Å². The van der Waals surface area contributed by atoms with E-state index in [1.807, 2.05) is 12.3 Å². The monoisotopic (exact) mass is 347 g/mol. The number of hydrogen-bond donors (Lipinski definition) is 1. The summed E-state index contributed by atoms with van der Waals surface area (Å²) >= 11 is 7.16. The number of aromatic nitrogens is 2. The molecule has 0 saturated heterocycles.